The Morgan fingerprint density at radius 1 is 1.24 bits per heavy atom. The van der Waals surface area contributed by atoms with Gasteiger partial charge in [0.2, 0.25) is 5.91 Å². The van der Waals surface area contributed by atoms with Crippen LogP contribution in [0.15, 0.2) is 24.3 Å². The van der Waals surface area contributed by atoms with Crippen LogP contribution in [0.2, 0.25) is 5.02 Å². The molecule has 0 bridgehead atoms. The number of piperidine rings is 2. The van der Waals surface area contributed by atoms with Crippen LogP contribution in [0.25, 0.3) is 0 Å². The van der Waals surface area contributed by atoms with Crippen molar-refractivity contribution in [2.24, 2.45) is 11.8 Å². The maximum atomic E-state index is 12.7. The molecule has 25 heavy (non-hydrogen) atoms. The van der Waals surface area contributed by atoms with Gasteiger partial charge in [-0.15, -0.1) is 12.4 Å². The van der Waals surface area contributed by atoms with Crippen LogP contribution >= 0.6 is 24.0 Å². The molecule has 1 unspecified atom stereocenters. The minimum atomic E-state index is -0.474. The summed E-state index contributed by atoms with van der Waals surface area (Å²) in [7, 11) is 0. The number of aliphatic hydroxyl groups is 1. The average molecular weight is 387 g/mol. The van der Waals surface area contributed by atoms with Crippen LogP contribution < -0.4 is 5.32 Å². The molecule has 2 aliphatic rings. The highest BCUT2D eigenvalue weighted by molar-refractivity contribution is 6.30. The molecule has 0 aliphatic carbocycles. The summed E-state index contributed by atoms with van der Waals surface area (Å²) in [4.78, 5) is 14.7. The molecule has 3 rings (SSSR count). The number of hydrogen-bond donors (Lipinski definition) is 2. The molecule has 2 heterocycles. The van der Waals surface area contributed by atoms with Crippen LogP contribution in [-0.4, -0.2) is 41.6 Å². The van der Waals surface area contributed by atoms with Crippen LogP contribution in [0.4, 0.5) is 0 Å². The van der Waals surface area contributed by atoms with E-state index in [-0.39, 0.29) is 24.2 Å². The fourth-order valence-corrected chi connectivity index (χ4v) is 4.11. The summed E-state index contributed by atoms with van der Waals surface area (Å²) < 4.78 is 0. The zero-order chi connectivity index (χ0) is 17.1. The monoisotopic (exact) mass is 386 g/mol. The zero-order valence-electron chi connectivity index (χ0n) is 14.7. The smallest absolute Gasteiger partial charge is 0.225 e. The average Bonchev–Trinajstić information content (AvgIpc) is 2.61. The minimum Gasteiger partial charge on any atom is -0.388 e. The summed E-state index contributed by atoms with van der Waals surface area (Å²) in [5, 5.41) is 14.7. The van der Waals surface area contributed by atoms with Gasteiger partial charge >= 0.3 is 0 Å². The second kappa shape index (κ2) is 9.22. The molecular weight excluding hydrogens is 359 g/mol. The van der Waals surface area contributed by atoms with E-state index >= 15 is 0 Å². The number of halogens is 2. The van der Waals surface area contributed by atoms with Gasteiger partial charge in [0.15, 0.2) is 0 Å². The normalized spacial score (nSPS) is 26.0. The van der Waals surface area contributed by atoms with Crippen LogP contribution in [-0.2, 0) is 4.79 Å². The van der Waals surface area contributed by atoms with Gasteiger partial charge in [0.1, 0.15) is 0 Å². The molecule has 2 saturated heterocycles. The third-order valence-corrected chi connectivity index (χ3v) is 5.73. The number of hydrogen-bond acceptors (Lipinski definition) is 3. The van der Waals surface area contributed by atoms with E-state index < -0.39 is 6.10 Å². The fourth-order valence-electron chi connectivity index (χ4n) is 3.98. The first-order chi connectivity index (χ1) is 11.5. The molecule has 0 radical (unpaired) electrons. The highest BCUT2D eigenvalue weighted by atomic mass is 35.5. The first-order valence-corrected chi connectivity index (χ1v) is 9.38. The van der Waals surface area contributed by atoms with Crippen LogP contribution in [0.3, 0.4) is 0 Å². The number of likely N-dealkylation sites (tertiary alicyclic amines) is 1. The summed E-state index contributed by atoms with van der Waals surface area (Å²) in [6, 6.07) is 7.84. The molecule has 1 aromatic rings. The SMILES string of the molecule is C[C@H]1C[C@@H](C(=O)N2CCC(C(O)c3ccc(Cl)cc3)CC2)CCN1.Cl. The van der Waals surface area contributed by atoms with Gasteiger partial charge in [-0.2, -0.15) is 0 Å². The Balaban J connectivity index is 0.00000225. The second-order valence-corrected chi connectivity index (χ2v) is 7.67. The molecule has 0 saturated carbocycles. The Bertz CT molecular complexity index is 559. The molecule has 3 atom stereocenters. The molecule has 2 fully saturated rings. The number of aliphatic hydroxyl groups excluding tert-OH is 1. The second-order valence-electron chi connectivity index (χ2n) is 7.24. The maximum Gasteiger partial charge on any atom is 0.225 e. The van der Waals surface area contributed by atoms with E-state index in [2.05, 4.69) is 12.2 Å². The molecule has 0 aromatic heterocycles. The number of carbonyl (C=O) groups excluding carboxylic acids is 1. The van der Waals surface area contributed by atoms with E-state index in [0.29, 0.717) is 17.0 Å². The van der Waals surface area contributed by atoms with Crippen molar-refractivity contribution in [1.29, 1.82) is 0 Å². The first kappa shape index (κ1) is 20.5. The molecule has 0 spiro atoms. The van der Waals surface area contributed by atoms with Crippen molar-refractivity contribution in [2.45, 2.75) is 44.8 Å². The fraction of sp³-hybridized carbons (Fsp3) is 0.632. The van der Waals surface area contributed by atoms with Crippen molar-refractivity contribution < 1.29 is 9.90 Å². The summed E-state index contributed by atoms with van der Waals surface area (Å²) in [5.74, 6) is 0.684. The van der Waals surface area contributed by atoms with E-state index in [4.69, 9.17) is 11.6 Å². The van der Waals surface area contributed by atoms with Crippen molar-refractivity contribution in [3.63, 3.8) is 0 Å². The predicted octanol–water partition coefficient (Wildman–Crippen LogP) is 3.42. The summed E-state index contributed by atoms with van der Waals surface area (Å²) in [5.41, 5.74) is 0.913. The van der Waals surface area contributed by atoms with E-state index in [1.807, 2.05) is 29.2 Å². The van der Waals surface area contributed by atoms with Gasteiger partial charge in [-0.3, -0.25) is 4.79 Å². The highest BCUT2D eigenvalue weighted by Crippen LogP contribution is 2.32. The predicted molar refractivity (Wildman–Crippen MR) is 103 cm³/mol. The number of carbonyl (C=O) groups is 1. The lowest BCUT2D eigenvalue weighted by Crippen LogP contribution is -2.47. The number of benzene rings is 1. The maximum absolute atomic E-state index is 12.7. The van der Waals surface area contributed by atoms with Gasteiger partial charge in [-0.25, -0.2) is 0 Å². The van der Waals surface area contributed by atoms with Crippen molar-refractivity contribution in [2.75, 3.05) is 19.6 Å². The number of amides is 1. The Kier molecular flexibility index (Phi) is 7.56. The lowest BCUT2D eigenvalue weighted by atomic mass is 9.86. The van der Waals surface area contributed by atoms with E-state index in [9.17, 15) is 9.90 Å². The van der Waals surface area contributed by atoms with Crippen LogP contribution in [0.1, 0.15) is 44.3 Å². The van der Waals surface area contributed by atoms with Crippen molar-refractivity contribution in [1.82, 2.24) is 10.2 Å². The number of nitrogens with one attached hydrogen (secondary N) is 1. The van der Waals surface area contributed by atoms with Gasteiger partial charge in [0.05, 0.1) is 6.10 Å². The van der Waals surface area contributed by atoms with Crippen molar-refractivity contribution in [3.8, 4) is 0 Å². The number of nitrogens with zero attached hydrogens (tertiary/aromatic N) is 1. The van der Waals surface area contributed by atoms with E-state index in [1.165, 1.54) is 0 Å². The minimum absolute atomic E-state index is 0. The Morgan fingerprint density at radius 2 is 1.88 bits per heavy atom. The molecular formula is C19H28Cl2N2O2. The Morgan fingerprint density at radius 3 is 2.48 bits per heavy atom. The molecule has 4 nitrogen and oxygen atoms in total. The van der Waals surface area contributed by atoms with E-state index in [0.717, 1.165) is 50.9 Å². The molecule has 6 heteroatoms. The Labute approximate surface area is 161 Å². The largest absolute Gasteiger partial charge is 0.388 e. The standard InChI is InChI=1S/C19H27ClN2O2.ClH/c1-13-12-16(6-9-21-13)19(24)22-10-7-15(8-11-22)18(23)14-2-4-17(20)5-3-14;/h2-5,13,15-16,18,21,23H,6-12H2,1H3;1H/t13-,16-,18?;/m0./s1. The topological polar surface area (TPSA) is 52.6 Å². The van der Waals surface area contributed by atoms with Gasteiger partial charge in [-0.05, 0) is 62.8 Å². The van der Waals surface area contributed by atoms with Crippen LogP contribution in [0.5, 0.6) is 0 Å². The summed E-state index contributed by atoms with van der Waals surface area (Å²) >= 11 is 5.91. The van der Waals surface area contributed by atoms with Crippen LogP contribution in [0, 0.1) is 11.8 Å². The van der Waals surface area contributed by atoms with Crippen molar-refractivity contribution in [3.05, 3.63) is 34.9 Å². The highest BCUT2D eigenvalue weighted by Gasteiger charge is 2.32. The molecule has 2 aliphatic heterocycles. The third kappa shape index (κ3) is 5.10. The van der Waals surface area contributed by atoms with Crippen molar-refractivity contribution >= 4 is 29.9 Å². The third-order valence-electron chi connectivity index (χ3n) is 5.48. The first-order valence-electron chi connectivity index (χ1n) is 9.00. The summed E-state index contributed by atoms with van der Waals surface area (Å²) in [6.45, 7) is 4.59. The van der Waals surface area contributed by atoms with Gasteiger partial charge in [0.25, 0.3) is 0 Å². The Hall–Kier alpha value is -0.810. The number of rotatable bonds is 3. The van der Waals surface area contributed by atoms with Gasteiger partial charge in [0, 0.05) is 30.1 Å². The summed E-state index contributed by atoms with van der Waals surface area (Å²) in [6.07, 6.45) is 3.12. The molecule has 2 N–H and O–H groups in total. The van der Waals surface area contributed by atoms with Gasteiger partial charge < -0.3 is 15.3 Å². The van der Waals surface area contributed by atoms with Gasteiger partial charge in [-0.1, -0.05) is 23.7 Å². The zero-order valence-corrected chi connectivity index (χ0v) is 16.2. The van der Waals surface area contributed by atoms with E-state index in [1.54, 1.807) is 0 Å². The molecule has 1 aromatic carbocycles. The molecule has 1 amide bonds. The molecule has 140 valence electrons. The lowest BCUT2D eigenvalue weighted by Gasteiger charge is -2.37. The quantitative estimate of drug-likeness (QED) is 0.836. The lowest BCUT2D eigenvalue weighted by molar-refractivity contribution is -0.138.